The lowest BCUT2D eigenvalue weighted by atomic mass is 10.1. The molecule has 2 atom stereocenters. The Kier molecular flexibility index (Phi) is 11.3. The molecule has 0 fully saturated rings. The summed E-state index contributed by atoms with van der Waals surface area (Å²) in [5.74, 6) is -1.01. The van der Waals surface area contributed by atoms with E-state index in [-0.39, 0.29) is 29.1 Å². The molecule has 0 saturated carbocycles. The fourth-order valence-corrected chi connectivity index (χ4v) is 5.65. The second-order valence-corrected chi connectivity index (χ2v) is 12.3. The summed E-state index contributed by atoms with van der Waals surface area (Å²) in [5.41, 5.74) is 0.862. The number of carbonyl (C=O) groups is 2. The van der Waals surface area contributed by atoms with E-state index in [1.54, 1.807) is 6.92 Å². The number of amides is 2. The van der Waals surface area contributed by atoms with Gasteiger partial charge in [0.1, 0.15) is 24.2 Å². The molecule has 41 heavy (non-hydrogen) atoms. The first-order chi connectivity index (χ1) is 19.5. The van der Waals surface area contributed by atoms with E-state index < -0.39 is 34.3 Å². The first kappa shape index (κ1) is 32.1. The number of ether oxygens (including phenoxy) is 1. The molecule has 0 aliphatic carbocycles. The molecule has 8 nitrogen and oxygen atoms in total. The number of rotatable bonds is 13. The van der Waals surface area contributed by atoms with E-state index in [2.05, 4.69) is 21.2 Å². The molecule has 1 N–H and O–H groups in total. The van der Waals surface area contributed by atoms with Crippen LogP contribution in [0.15, 0.2) is 82.2 Å². The third-order valence-corrected chi connectivity index (χ3v) is 8.87. The zero-order valence-corrected chi connectivity index (χ0v) is 25.9. The van der Waals surface area contributed by atoms with Crippen LogP contribution in [0.2, 0.25) is 0 Å². The van der Waals surface area contributed by atoms with Gasteiger partial charge in [-0.25, -0.2) is 12.8 Å². The van der Waals surface area contributed by atoms with Crippen LogP contribution in [0, 0.1) is 5.82 Å². The van der Waals surface area contributed by atoms with Gasteiger partial charge in [-0.2, -0.15) is 0 Å². The van der Waals surface area contributed by atoms with Crippen LogP contribution in [-0.4, -0.2) is 50.4 Å². The molecule has 2 unspecified atom stereocenters. The minimum atomic E-state index is -4.27. The maximum absolute atomic E-state index is 13.9. The average Bonchev–Trinajstić information content (AvgIpc) is 2.96. The van der Waals surface area contributed by atoms with Gasteiger partial charge in [-0.1, -0.05) is 35.0 Å². The predicted molar refractivity (Wildman–Crippen MR) is 161 cm³/mol. The summed E-state index contributed by atoms with van der Waals surface area (Å²) in [5, 5.41) is 2.90. The van der Waals surface area contributed by atoms with Crippen molar-refractivity contribution < 1.29 is 27.1 Å². The van der Waals surface area contributed by atoms with Gasteiger partial charge < -0.3 is 15.0 Å². The lowest BCUT2D eigenvalue weighted by Gasteiger charge is -2.32. The monoisotopic (exact) mass is 647 g/mol. The summed E-state index contributed by atoms with van der Waals surface area (Å²) in [6, 6.07) is 17.0. The smallest absolute Gasteiger partial charge is 0.264 e. The Morgan fingerprint density at radius 1 is 0.951 bits per heavy atom. The third-order valence-electron chi connectivity index (χ3n) is 6.55. The number of hydrogen-bond donors (Lipinski definition) is 1. The lowest BCUT2D eigenvalue weighted by molar-refractivity contribution is -0.139. The van der Waals surface area contributed by atoms with Crippen molar-refractivity contribution in [2.24, 2.45) is 0 Å². The van der Waals surface area contributed by atoms with Gasteiger partial charge in [-0.3, -0.25) is 13.9 Å². The minimum absolute atomic E-state index is 0.0694. The van der Waals surface area contributed by atoms with Crippen molar-refractivity contribution in [3.63, 3.8) is 0 Å². The van der Waals surface area contributed by atoms with Gasteiger partial charge in [0.05, 0.1) is 17.2 Å². The van der Waals surface area contributed by atoms with E-state index in [0.717, 1.165) is 26.5 Å². The maximum Gasteiger partial charge on any atom is 0.264 e. The summed E-state index contributed by atoms with van der Waals surface area (Å²) in [7, 11) is -4.27. The summed E-state index contributed by atoms with van der Waals surface area (Å²) in [6.07, 6.45) is 0.706. The highest BCUT2D eigenvalue weighted by atomic mass is 79.9. The molecule has 11 heteroatoms. The van der Waals surface area contributed by atoms with E-state index in [1.165, 1.54) is 41.3 Å². The topological polar surface area (TPSA) is 96.0 Å². The van der Waals surface area contributed by atoms with Crippen molar-refractivity contribution in [1.82, 2.24) is 10.2 Å². The molecule has 0 bridgehead atoms. The number of sulfonamides is 1. The van der Waals surface area contributed by atoms with Crippen LogP contribution < -0.4 is 14.4 Å². The molecule has 0 aromatic heterocycles. The average molecular weight is 649 g/mol. The standard InChI is InChI=1S/C30H35BrFN3O5S/c1-5-21(3)33-30(37)22(4)34(19-23-7-9-24(31)10-8-23)29(36)20-35(26-13-11-25(32)12-14-26)41(38,39)28-17-15-27(16-18-28)40-6-2/h7-18,21-22H,5-6,19-20H2,1-4H3,(H,33,37). The number of anilines is 1. The molecule has 220 valence electrons. The van der Waals surface area contributed by atoms with Crippen LogP contribution in [0.5, 0.6) is 5.75 Å². The van der Waals surface area contributed by atoms with Crippen molar-refractivity contribution in [3.8, 4) is 5.75 Å². The fourth-order valence-electron chi connectivity index (χ4n) is 3.97. The molecule has 0 heterocycles. The Labute approximate surface area is 249 Å². The van der Waals surface area contributed by atoms with E-state index in [0.29, 0.717) is 18.8 Å². The van der Waals surface area contributed by atoms with E-state index in [9.17, 15) is 22.4 Å². The van der Waals surface area contributed by atoms with Gasteiger partial charge in [0.25, 0.3) is 10.0 Å². The Morgan fingerprint density at radius 3 is 2.12 bits per heavy atom. The third kappa shape index (κ3) is 8.53. The molecule has 0 aliphatic heterocycles. The first-order valence-corrected chi connectivity index (χ1v) is 15.5. The molecule has 2 amide bonds. The summed E-state index contributed by atoms with van der Waals surface area (Å²) in [4.78, 5) is 28.3. The second kappa shape index (κ2) is 14.5. The highest BCUT2D eigenvalue weighted by Crippen LogP contribution is 2.26. The van der Waals surface area contributed by atoms with Gasteiger partial charge in [-0.15, -0.1) is 0 Å². The number of nitrogens with one attached hydrogen (secondary N) is 1. The van der Waals surface area contributed by atoms with Gasteiger partial charge in [0, 0.05) is 17.1 Å². The van der Waals surface area contributed by atoms with Crippen LogP contribution in [0.1, 0.15) is 39.7 Å². The number of carbonyl (C=O) groups excluding carboxylic acids is 2. The summed E-state index contributed by atoms with van der Waals surface area (Å²) >= 11 is 3.40. The first-order valence-electron chi connectivity index (χ1n) is 13.3. The molecular formula is C30H35BrFN3O5S. The quantitative estimate of drug-likeness (QED) is 0.264. The SMILES string of the molecule is CCOc1ccc(S(=O)(=O)N(CC(=O)N(Cc2ccc(Br)cc2)C(C)C(=O)NC(C)CC)c2ccc(F)cc2)cc1. The Hall–Kier alpha value is -3.44. The van der Waals surface area contributed by atoms with E-state index in [4.69, 9.17) is 4.74 Å². The molecule has 0 radical (unpaired) electrons. The predicted octanol–water partition coefficient (Wildman–Crippen LogP) is 5.51. The zero-order chi connectivity index (χ0) is 30.2. The van der Waals surface area contributed by atoms with Gasteiger partial charge >= 0.3 is 0 Å². The maximum atomic E-state index is 13.9. The van der Waals surface area contributed by atoms with Crippen molar-refractivity contribution in [1.29, 1.82) is 0 Å². The molecular weight excluding hydrogens is 613 g/mol. The number of benzene rings is 3. The van der Waals surface area contributed by atoms with Crippen LogP contribution >= 0.6 is 15.9 Å². The number of nitrogens with zero attached hydrogens (tertiary/aromatic N) is 2. The molecule has 3 rings (SSSR count). The van der Waals surface area contributed by atoms with Crippen molar-refractivity contribution >= 4 is 43.5 Å². The summed E-state index contributed by atoms with van der Waals surface area (Å²) in [6.45, 7) is 7.10. The number of halogens is 2. The van der Waals surface area contributed by atoms with E-state index >= 15 is 0 Å². The van der Waals surface area contributed by atoms with Crippen LogP contribution in [0.25, 0.3) is 0 Å². The Morgan fingerprint density at radius 2 is 1.56 bits per heavy atom. The zero-order valence-electron chi connectivity index (χ0n) is 23.5. The van der Waals surface area contributed by atoms with Crippen molar-refractivity contribution in [3.05, 3.63) is 88.6 Å². The van der Waals surface area contributed by atoms with Crippen LogP contribution in [0.3, 0.4) is 0 Å². The van der Waals surface area contributed by atoms with Gasteiger partial charge in [0.2, 0.25) is 11.8 Å². The normalized spacial score (nSPS) is 12.7. The lowest BCUT2D eigenvalue weighted by Crippen LogP contribution is -2.52. The largest absolute Gasteiger partial charge is 0.494 e. The van der Waals surface area contributed by atoms with Gasteiger partial charge in [-0.05, 0) is 93.4 Å². The molecule has 3 aromatic carbocycles. The van der Waals surface area contributed by atoms with Gasteiger partial charge in [0.15, 0.2) is 0 Å². The molecule has 0 aliphatic rings. The minimum Gasteiger partial charge on any atom is -0.494 e. The highest BCUT2D eigenvalue weighted by Gasteiger charge is 2.33. The highest BCUT2D eigenvalue weighted by molar-refractivity contribution is 9.10. The van der Waals surface area contributed by atoms with Crippen LogP contribution in [0.4, 0.5) is 10.1 Å². The van der Waals surface area contributed by atoms with E-state index in [1.807, 2.05) is 45.0 Å². The Bertz CT molecular complexity index is 1420. The second-order valence-electron chi connectivity index (χ2n) is 9.53. The van der Waals surface area contributed by atoms with Crippen LogP contribution in [-0.2, 0) is 26.2 Å². The van der Waals surface area contributed by atoms with Crippen molar-refractivity contribution in [2.75, 3.05) is 17.5 Å². The fraction of sp³-hybridized carbons (Fsp3) is 0.333. The molecule has 0 spiro atoms. The van der Waals surface area contributed by atoms with Crippen molar-refractivity contribution in [2.45, 2.75) is 57.6 Å². The molecule has 3 aromatic rings. The Balaban J connectivity index is 2.01. The summed E-state index contributed by atoms with van der Waals surface area (Å²) < 4.78 is 48.7. The number of hydrogen-bond acceptors (Lipinski definition) is 5. The molecule has 0 saturated heterocycles.